The third-order valence-corrected chi connectivity index (χ3v) is 2.49. The predicted molar refractivity (Wildman–Crippen MR) is 60.1 cm³/mol. The van der Waals surface area contributed by atoms with Gasteiger partial charge >= 0.3 is 6.18 Å². The fraction of sp³-hybridized carbons (Fsp3) is 0.364. The zero-order chi connectivity index (χ0) is 12.5. The summed E-state index contributed by atoms with van der Waals surface area (Å²) in [6, 6.07) is 3.61. The van der Waals surface area contributed by atoms with Gasteiger partial charge in [-0.2, -0.15) is 13.2 Å². The van der Waals surface area contributed by atoms with Crippen LogP contribution in [0.4, 0.5) is 18.9 Å². The maximum atomic E-state index is 12.5. The van der Waals surface area contributed by atoms with Crippen LogP contribution in [0.3, 0.4) is 0 Å². The number of guanidine groups is 1. The molecule has 1 aromatic carbocycles. The van der Waals surface area contributed by atoms with Crippen LogP contribution in [0.5, 0.6) is 0 Å². The van der Waals surface area contributed by atoms with Gasteiger partial charge in [-0.1, -0.05) is 6.07 Å². The third-order valence-electron chi connectivity index (χ3n) is 2.49. The Balaban J connectivity index is 2.26. The Labute approximate surface area is 96.7 Å². The minimum Gasteiger partial charge on any atom is -0.354 e. The predicted octanol–water partition coefficient (Wildman–Crippen LogP) is 2.38. The van der Waals surface area contributed by atoms with E-state index in [1.165, 1.54) is 6.07 Å². The van der Waals surface area contributed by atoms with Crippen LogP contribution in [0, 0.1) is 6.92 Å². The molecule has 92 valence electrons. The molecule has 2 rings (SSSR count). The van der Waals surface area contributed by atoms with E-state index in [1.54, 1.807) is 6.92 Å². The summed E-state index contributed by atoms with van der Waals surface area (Å²) in [4.78, 5) is 4.08. The molecule has 0 spiro atoms. The van der Waals surface area contributed by atoms with Gasteiger partial charge in [-0.25, -0.2) is 0 Å². The molecule has 17 heavy (non-hydrogen) atoms. The van der Waals surface area contributed by atoms with Gasteiger partial charge in [0.05, 0.1) is 12.1 Å². The number of benzene rings is 1. The molecule has 0 fully saturated rings. The fourth-order valence-electron chi connectivity index (χ4n) is 1.54. The summed E-state index contributed by atoms with van der Waals surface area (Å²) in [7, 11) is 0. The molecule has 0 amide bonds. The van der Waals surface area contributed by atoms with Crippen molar-refractivity contribution in [3.63, 3.8) is 0 Å². The van der Waals surface area contributed by atoms with Crippen LogP contribution < -0.4 is 10.6 Å². The smallest absolute Gasteiger partial charge is 0.354 e. The Morgan fingerprint density at radius 3 is 2.71 bits per heavy atom. The van der Waals surface area contributed by atoms with Gasteiger partial charge in [0.1, 0.15) is 0 Å². The number of alkyl halides is 3. The molecule has 0 aromatic heterocycles. The molecular formula is C11H12F3N3. The molecule has 6 heteroatoms. The van der Waals surface area contributed by atoms with Gasteiger partial charge in [-0.15, -0.1) is 0 Å². The normalized spacial score (nSPS) is 15.4. The Bertz CT molecular complexity index is 452. The van der Waals surface area contributed by atoms with Crippen LogP contribution in [0.2, 0.25) is 0 Å². The van der Waals surface area contributed by atoms with Crippen molar-refractivity contribution in [1.82, 2.24) is 5.32 Å². The van der Waals surface area contributed by atoms with E-state index in [4.69, 9.17) is 0 Å². The second-order valence-corrected chi connectivity index (χ2v) is 3.81. The van der Waals surface area contributed by atoms with Crippen LogP contribution in [0.15, 0.2) is 23.2 Å². The molecule has 0 aliphatic carbocycles. The number of halogens is 3. The Hall–Kier alpha value is -1.72. The van der Waals surface area contributed by atoms with Crippen LogP contribution in [-0.2, 0) is 6.18 Å². The van der Waals surface area contributed by atoms with Crippen LogP contribution in [0.1, 0.15) is 11.1 Å². The second kappa shape index (κ2) is 4.27. The highest BCUT2D eigenvalue weighted by Crippen LogP contribution is 2.31. The zero-order valence-corrected chi connectivity index (χ0v) is 9.23. The molecular weight excluding hydrogens is 231 g/mol. The monoisotopic (exact) mass is 243 g/mol. The van der Waals surface area contributed by atoms with Crippen molar-refractivity contribution in [3.05, 3.63) is 29.3 Å². The average molecular weight is 243 g/mol. The van der Waals surface area contributed by atoms with Gasteiger partial charge in [0.2, 0.25) is 0 Å². The molecule has 0 saturated carbocycles. The van der Waals surface area contributed by atoms with E-state index in [-0.39, 0.29) is 0 Å². The molecule has 1 aliphatic heterocycles. The van der Waals surface area contributed by atoms with E-state index in [9.17, 15) is 13.2 Å². The lowest BCUT2D eigenvalue weighted by molar-refractivity contribution is -0.137. The molecule has 2 N–H and O–H groups in total. The van der Waals surface area contributed by atoms with Crippen LogP contribution >= 0.6 is 0 Å². The number of hydrogen-bond donors (Lipinski definition) is 2. The van der Waals surface area contributed by atoms with E-state index >= 15 is 0 Å². The van der Waals surface area contributed by atoms with Crippen LogP contribution in [0.25, 0.3) is 0 Å². The van der Waals surface area contributed by atoms with E-state index in [0.717, 1.165) is 17.7 Å². The average Bonchev–Trinajstić information content (AvgIpc) is 2.72. The molecule has 0 atom stereocenters. The summed E-state index contributed by atoms with van der Waals surface area (Å²) in [5, 5.41) is 5.81. The number of nitrogens with zero attached hydrogens (tertiary/aromatic N) is 1. The Morgan fingerprint density at radius 1 is 1.35 bits per heavy atom. The first kappa shape index (κ1) is 11.8. The van der Waals surface area contributed by atoms with Crippen LogP contribution in [-0.4, -0.2) is 19.0 Å². The quantitative estimate of drug-likeness (QED) is 0.794. The van der Waals surface area contributed by atoms with Gasteiger partial charge < -0.3 is 10.6 Å². The summed E-state index contributed by atoms with van der Waals surface area (Å²) < 4.78 is 37.6. The highest BCUT2D eigenvalue weighted by molar-refractivity contribution is 5.95. The molecule has 0 unspecified atom stereocenters. The molecule has 1 aromatic rings. The number of aryl methyl sites for hydroxylation is 1. The zero-order valence-electron chi connectivity index (χ0n) is 9.23. The first-order chi connectivity index (χ1) is 7.97. The van der Waals surface area contributed by atoms with E-state index in [1.807, 2.05) is 0 Å². The van der Waals surface area contributed by atoms with Gasteiger partial charge in [-0.3, -0.25) is 4.99 Å². The maximum Gasteiger partial charge on any atom is 0.416 e. The van der Waals surface area contributed by atoms with Gasteiger partial charge in [0.15, 0.2) is 5.96 Å². The summed E-state index contributed by atoms with van der Waals surface area (Å²) >= 11 is 0. The molecule has 3 nitrogen and oxygen atoms in total. The summed E-state index contributed by atoms with van der Waals surface area (Å²) in [6.45, 7) is 3.10. The highest BCUT2D eigenvalue weighted by Gasteiger charge is 2.30. The van der Waals surface area contributed by atoms with Crippen molar-refractivity contribution < 1.29 is 13.2 Å². The van der Waals surface area contributed by atoms with Crippen molar-refractivity contribution in [1.29, 1.82) is 0 Å². The first-order valence-electron chi connectivity index (χ1n) is 5.20. The first-order valence-corrected chi connectivity index (χ1v) is 5.20. The van der Waals surface area contributed by atoms with Crippen molar-refractivity contribution in [2.45, 2.75) is 13.1 Å². The SMILES string of the molecule is Cc1ccc(C(F)(F)F)cc1NC1=NCCN1. The van der Waals surface area contributed by atoms with Gasteiger partial charge in [-0.05, 0) is 24.6 Å². The number of nitrogens with one attached hydrogen (secondary N) is 2. The minimum absolute atomic E-state index is 0.424. The molecule has 1 aliphatic rings. The van der Waals surface area contributed by atoms with Crippen molar-refractivity contribution in [2.24, 2.45) is 4.99 Å². The number of aliphatic imine (C=N–C) groups is 1. The minimum atomic E-state index is -4.32. The number of hydrogen-bond acceptors (Lipinski definition) is 3. The van der Waals surface area contributed by atoms with Gasteiger partial charge in [0, 0.05) is 12.2 Å². The van der Waals surface area contributed by atoms with Crippen molar-refractivity contribution in [3.8, 4) is 0 Å². The fourth-order valence-corrected chi connectivity index (χ4v) is 1.54. The maximum absolute atomic E-state index is 12.5. The third kappa shape index (κ3) is 2.69. The van der Waals surface area contributed by atoms with E-state index in [2.05, 4.69) is 15.6 Å². The lowest BCUT2D eigenvalue weighted by atomic mass is 10.1. The van der Waals surface area contributed by atoms with Crippen molar-refractivity contribution >= 4 is 11.6 Å². The second-order valence-electron chi connectivity index (χ2n) is 3.81. The number of anilines is 1. The lowest BCUT2D eigenvalue weighted by Crippen LogP contribution is -2.26. The standard InChI is InChI=1S/C11H12F3N3/c1-7-2-3-8(11(12,13)14)6-9(7)17-10-15-4-5-16-10/h2-3,6H,4-5H2,1H3,(H2,15,16,17). The van der Waals surface area contributed by atoms with E-state index in [0.29, 0.717) is 24.7 Å². The summed E-state index contributed by atoms with van der Waals surface area (Å²) in [5.74, 6) is 0.521. The Morgan fingerprint density at radius 2 is 2.12 bits per heavy atom. The van der Waals surface area contributed by atoms with Crippen molar-refractivity contribution in [2.75, 3.05) is 18.4 Å². The summed E-state index contributed by atoms with van der Waals surface area (Å²) in [5.41, 5.74) is 0.506. The topological polar surface area (TPSA) is 36.4 Å². The molecule has 1 heterocycles. The molecule has 0 saturated heterocycles. The molecule has 0 radical (unpaired) electrons. The highest BCUT2D eigenvalue weighted by atomic mass is 19.4. The van der Waals surface area contributed by atoms with Gasteiger partial charge in [0.25, 0.3) is 0 Å². The van der Waals surface area contributed by atoms with E-state index < -0.39 is 11.7 Å². The largest absolute Gasteiger partial charge is 0.416 e. The Kier molecular flexibility index (Phi) is 2.95. The lowest BCUT2D eigenvalue weighted by Gasteiger charge is -2.13. The summed E-state index contributed by atoms with van der Waals surface area (Å²) in [6.07, 6.45) is -4.32. The molecule has 0 bridgehead atoms. The number of rotatable bonds is 1.